The van der Waals surface area contributed by atoms with Gasteiger partial charge in [0.2, 0.25) is 0 Å². The topological polar surface area (TPSA) is 156 Å². The van der Waals surface area contributed by atoms with Gasteiger partial charge in [0.25, 0.3) is 5.91 Å². The number of nitrogens with two attached hydrogens (primary N) is 1. The number of anilines is 3. The highest BCUT2D eigenvalue weighted by Crippen LogP contribution is 2.30. The summed E-state index contributed by atoms with van der Waals surface area (Å²) in [5, 5.41) is 13.5. The van der Waals surface area contributed by atoms with Gasteiger partial charge in [-0.3, -0.25) is 9.59 Å². The summed E-state index contributed by atoms with van der Waals surface area (Å²) in [4.78, 5) is 42.0. The number of carbonyl (C=O) groups is 3. The highest BCUT2D eigenvalue weighted by molar-refractivity contribution is 6.30. The molecule has 192 valence electrons. The number of ether oxygens (including phenoxy) is 1. The normalized spacial score (nSPS) is 17.3. The Kier molecular flexibility index (Phi) is 6.39. The second kappa shape index (κ2) is 9.67. The van der Waals surface area contributed by atoms with Crippen LogP contribution < -0.4 is 21.7 Å². The molecule has 0 bridgehead atoms. The lowest BCUT2D eigenvalue weighted by molar-refractivity contribution is -0.149. The van der Waals surface area contributed by atoms with Crippen LogP contribution in [0.25, 0.3) is 11.7 Å². The number of carbonyl (C=O) groups excluding carboxylic acids is 3. The number of nitrogens with one attached hydrogen (secondary N) is 3. The first-order chi connectivity index (χ1) is 17.7. The number of urea groups is 1. The van der Waals surface area contributed by atoms with Crippen molar-refractivity contribution in [2.24, 2.45) is 5.73 Å². The van der Waals surface area contributed by atoms with Gasteiger partial charge in [-0.05, 0) is 44.0 Å². The molecule has 2 aromatic heterocycles. The molecule has 1 aliphatic heterocycles. The number of aromatic nitrogens is 3. The van der Waals surface area contributed by atoms with Gasteiger partial charge in [0, 0.05) is 22.7 Å². The molecule has 1 unspecified atom stereocenters. The van der Waals surface area contributed by atoms with Crippen molar-refractivity contribution in [3.63, 3.8) is 0 Å². The van der Waals surface area contributed by atoms with Gasteiger partial charge in [0.1, 0.15) is 29.2 Å². The molecule has 5 rings (SSSR count). The highest BCUT2D eigenvalue weighted by Gasteiger charge is 2.35. The molecule has 1 aliphatic carbocycles. The molecule has 12 nitrogen and oxygen atoms in total. The summed E-state index contributed by atoms with van der Waals surface area (Å²) in [6.07, 6.45) is 4.89. The number of halogens is 2. The molecule has 1 aromatic carbocycles. The Morgan fingerprint density at radius 3 is 2.89 bits per heavy atom. The molecule has 3 amide bonds. The highest BCUT2D eigenvalue weighted by atomic mass is 35.5. The first-order valence-corrected chi connectivity index (χ1v) is 11.7. The molecule has 5 N–H and O–H groups in total. The van der Waals surface area contributed by atoms with Gasteiger partial charge < -0.3 is 26.4 Å². The zero-order chi connectivity index (χ0) is 26.3. The molecule has 1 atom stereocenters. The summed E-state index contributed by atoms with van der Waals surface area (Å²) in [5.74, 6) is -1.05. The van der Waals surface area contributed by atoms with Crippen LogP contribution in [0.5, 0.6) is 0 Å². The maximum Gasteiger partial charge on any atom is 0.331 e. The van der Waals surface area contributed by atoms with Crippen LogP contribution in [0.1, 0.15) is 25.3 Å². The Morgan fingerprint density at radius 2 is 2.16 bits per heavy atom. The SMILES string of the molecule is CC(N)C(=O)OCN1C(=O)N/C(=C\c2cnn3c(NC4CC4)cc(Nc4cc(Cl)ccc4F)nc23)C1=O. The van der Waals surface area contributed by atoms with Crippen LogP contribution >= 0.6 is 11.6 Å². The fourth-order valence-corrected chi connectivity index (χ4v) is 3.69. The predicted octanol–water partition coefficient (Wildman–Crippen LogP) is 2.58. The van der Waals surface area contributed by atoms with Crippen molar-refractivity contribution < 1.29 is 23.5 Å². The average molecular weight is 529 g/mol. The Labute approximate surface area is 214 Å². The summed E-state index contributed by atoms with van der Waals surface area (Å²) in [7, 11) is 0. The third-order valence-corrected chi connectivity index (χ3v) is 5.82. The molecule has 2 aliphatic rings. The van der Waals surface area contributed by atoms with E-state index in [-0.39, 0.29) is 17.4 Å². The first-order valence-electron chi connectivity index (χ1n) is 11.3. The van der Waals surface area contributed by atoms with Crippen LogP contribution in [0.3, 0.4) is 0 Å². The van der Waals surface area contributed by atoms with Gasteiger partial charge in [-0.1, -0.05) is 11.6 Å². The Morgan fingerprint density at radius 1 is 1.38 bits per heavy atom. The van der Waals surface area contributed by atoms with Gasteiger partial charge in [-0.2, -0.15) is 9.61 Å². The van der Waals surface area contributed by atoms with Gasteiger partial charge >= 0.3 is 12.0 Å². The smallest absolute Gasteiger partial charge is 0.331 e. The van der Waals surface area contributed by atoms with E-state index >= 15 is 0 Å². The van der Waals surface area contributed by atoms with Crippen LogP contribution in [0.4, 0.5) is 26.5 Å². The summed E-state index contributed by atoms with van der Waals surface area (Å²) in [5.41, 5.74) is 6.26. The summed E-state index contributed by atoms with van der Waals surface area (Å²) >= 11 is 6.02. The molecular formula is C23H22ClFN8O4. The minimum atomic E-state index is -0.901. The molecule has 2 fully saturated rings. The van der Waals surface area contributed by atoms with Gasteiger partial charge in [0.05, 0.1) is 11.9 Å². The summed E-state index contributed by atoms with van der Waals surface area (Å²) < 4.78 is 20.8. The fraction of sp³-hybridized carbons (Fsp3) is 0.261. The van der Waals surface area contributed by atoms with E-state index in [1.807, 2.05) is 0 Å². The Hall–Kier alpha value is -4.23. The number of hydrogen-bond acceptors (Lipinski definition) is 9. The van der Waals surface area contributed by atoms with Gasteiger partial charge in [-0.25, -0.2) is 19.1 Å². The number of imide groups is 1. The lowest BCUT2D eigenvalue weighted by Crippen LogP contribution is -2.37. The van der Waals surface area contributed by atoms with E-state index in [0.29, 0.717) is 27.9 Å². The number of hydrogen-bond donors (Lipinski definition) is 4. The number of nitrogens with zero attached hydrogens (tertiary/aromatic N) is 4. The van der Waals surface area contributed by atoms with Gasteiger partial charge in [0.15, 0.2) is 12.4 Å². The van der Waals surface area contributed by atoms with E-state index in [9.17, 15) is 18.8 Å². The number of rotatable bonds is 8. The minimum absolute atomic E-state index is 0.0607. The first kappa shape index (κ1) is 24.5. The Bertz CT molecular complexity index is 1450. The number of amides is 3. The van der Waals surface area contributed by atoms with E-state index in [1.54, 1.807) is 10.6 Å². The monoisotopic (exact) mass is 528 g/mol. The Balaban J connectivity index is 1.47. The molecule has 0 spiro atoms. The van der Waals surface area contributed by atoms with Crippen LogP contribution in [0, 0.1) is 5.82 Å². The van der Waals surface area contributed by atoms with E-state index in [2.05, 4.69) is 26.0 Å². The molecule has 14 heteroatoms. The lowest BCUT2D eigenvalue weighted by atomic mass is 10.2. The van der Waals surface area contributed by atoms with Crippen LogP contribution in [0.2, 0.25) is 5.02 Å². The average Bonchev–Trinajstić information content (AvgIpc) is 3.52. The van der Waals surface area contributed by atoms with Crippen molar-refractivity contribution >= 4 is 58.6 Å². The number of fused-ring (bicyclic) bond motifs is 1. The van der Waals surface area contributed by atoms with Crippen molar-refractivity contribution in [3.05, 3.63) is 52.6 Å². The minimum Gasteiger partial charge on any atom is -0.442 e. The number of esters is 1. The van der Waals surface area contributed by atoms with Crippen LogP contribution in [0.15, 0.2) is 36.2 Å². The molecule has 1 saturated carbocycles. The van der Waals surface area contributed by atoms with E-state index in [1.165, 1.54) is 37.4 Å². The largest absolute Gasteiger partial charge is 0.442 e. The summed E-state index contributed by atoms with van der Waals surface area (Å²) in [6.45, 7) is 0.845. The van der Waals surface area contributed by atoms with Crippen molar-refractivity contribution in [2.75, 3.05) is 17.4 Å². The quantitative estimate of drug-likeness (QED) is 0.196. The van der Waals surface area contributed by atoms with E-state index < -0.39 is 36.5 Å². The maximum atomic E-state index is 14.3. The molecule has 0 radical (unpaired) electrons. The van der Waals surface area contributed by atoms with Crippen LogP contribution in [-0.4, -0.2) is 56.2 Å². The second-order valence-corrected chi connectivity index (χ2v) is 9.07. The predicted molar refractivity (Wildman–Crippen MR) is 132 cm³/mol. The third-order valence-electron chi connectivity index (χ3n) is 5.59. The standard InChI is InChI=1S/C23H22ClFN8O4/c1-11(26)22(35)37-10-32-21(34)17(30-23(32)36)6-12-9-27-33-19(28-14-3-4-14)8-18(31-20(12)33)29-16-7-13(24)2-5-15(16)25/h2,5-9,11,14,28H,3-4,10,26H2,1H3,(H,29,31)(H,30,36)/b17-6-. The van der Waals surface area contributed by atoms with E-state index in [4.69, 9.17) is 22.1 Å². The van der Waals surface area contributed by atoms with Gasteiger partial charge in [-0.15, -0.1) is 0 Å². The van der Waals surface area contributed by atoms with Crippen molar-refractivity contribution in [3.8, 4) is 0 Å². The van der Waals surface area contributed by atoms with Crippen molar-refractivity contribution in [1.29, 1.82) is 0 Å². The molecule has 37 heavy (non-hydrogen) atoms. The van der Waals surface area contributed by atoms with Crippen LogP contribution in [-0.2, 0) is 14.3 Å². The zero-order valence-electron chi connectivity index (χ0n) is 19.5. The van der Waals surface area contributed by atoms with Crippen molar-refractivity contribution in [1.82, 2.24) is 24.8 Å². The van der Waals surface area contributed by atoms with Crippen molar-refractivity contribution in [2.45, 2.75) is 31.8 Å². The third kappa shape index (κ3) is 5.17. The molecule has 3 aromatic rings. The maximum absolute atomic E-state index is 14.3. The molecular weight excluding hydrogens is 507 g/mol. The fourth-order valence-electron chi connectivity index (χ4n) is 3.52. The lowest BCUT2D eigenvalue weighted by Gasteiger charge is -2.13. The molecule has 3 heterocycles. The second-order valence-electron chi connectivity index (χ2n) is 8.63. The zero-order valence-corrected chi connectivity index (χ0v) is 20.3. The van der Waals surface area contributed by atoms with E-state index in [0.717, 1.165) is 17.7 Å². The molecule has 1 saturated heterocycles. The summed E-state index contributed by atoms with van der Waals surface area (Å²) in [6, 6.07) is 4.42. The number of benzene rings is 1.